The fraction of sp³-hybridized carbons (Fsp3) is 0.167. The zero-order valence-corrected chi connectivity index (χ0v) is 19.0. The molecule has 0 bridgehead atoms. The lowest BCUT2D eigenvalue weighted by molar-refractivity contribution is -0.146. The Bertz CT molecular complexity index is 1280. The molecule has 176 valence electrons. The molecule has 4 N–H and O–H groups in total. The van der Waals surface area contributed by atoms with Gasteiger partial charge >= 0.3 is 5.97 Å². The third-order valence-corrected chi connectivity index (χ3v) is 6.23. The molecule has 0 fully saturated rings. The van der Waals surface area contributed by atoms with Crippen LogP contribution in [-0.4, -0.2) is 43.7 Å². The number of benzene rings is 3. The molecule has 0 aliphatic carbocycles. The van der Waals surface area contributed by atoms with Crippen LogP contribution in [-0.2, 0) is 22.4 Å². The molecule has 0 unspecified atom stereocenters. The Hall–Kier alpha value is -3.62. The highest BCUT2D eigenvalue weighted by Gasteiger charge is 2.39. The van der Waals surface area contributed by atoms with Gasteiger partial charge < -0.3 is 30.1 Å². The summed E-state index contributed by atoms with van der Waals surface area (Å²) in [5.41, 5.74) is 1.61. The van der Waals surface area contributed by atoms with Gasteiger partial charge in [0.2, 0.25) is 6.41 Å². The first-order chi connectivity index (χ1) is 16.2. The van der Waals surface area contributed by atoms with Crippen LogP contribution in [0.2, 0.25) is 10.0 Å². The summed E-state index contributed by atoms with van der Waals surface area (Å²) >= 11 is 12.0. The topological polar surface area (TPSA) is 128 Å². The average molecular weight is 504 g/mol. The number of aromatic hydroxyl groups is 4. The predicted octanol–water partition coefficient (Wildman–Crippen LogP) is 4.09. The summed E-state index contributed by atoms with van der Waals surface area (Å²) < 4.78 is 5.46. The zero-order valence-electron chi connectivity index (χ0n) is 17.5. The summed E-state index contributed by atoms with van der Waals surface area (Å²) in [5, 5.41) is 40.1. The van der Waals surface area contributed by atoms with E-state index < -0.39 is 18.1 Å². The van der Waals surface area contributed by atoms with E-state index in [0.29, 0.717) is 28.1 Å². The van der Waals surface area contributed by atoms with Crippen molar-refractivity contribution in [1.29, 1.82) is 0 Å². The number of rotatable bonds is 5. The number of carbonyl (C=O) groups excluding carboxylic acids is 2. The molecule has 0 radical (unpaired) electrons. The van der Waals surface area contributed by atoms with E-state index in [1.165, 1.54) is 47.4 Å². The molecule has 34 heavy (non-hydrogen) atoms. The molecule has 0 spiro atoms. The highest BCUT2D eigenvalue weighted by atomic mass is 35.5. The van der Waals surface area contributed by atoms with Gasteiger partial charge in [0.15, 0.2) is 23.0 Å². The molecule has 8 nitrogen and oxygen atoms in total. The Morgan fingerprint density at radius 3 is 2.35 bits per heavy atom. The quantitative estimate of drug-likeness (QED) is 0.178. The number of phenolic OH excluding ortho intramolecular Hbond substituents is 4. The number of halogens is 2. The SMILES string of the molecule is O=CN1[C@H](C(=O)Oc2ccc(Cl)cc2Cl)Cc2cc(O)c(O)cc2[C@@H]1Cc1ccc(O)c(O)c1. The van der Waals surface area contributed by atoms with Crippen LogP contribution in [0, 0.1) is 0 Å². The lowest BCUT2D eigenvalue weighted by Crippen LogP contribution is -2.49. The van der Waals surface area contributed by atoms with Crippen molar-refractivity contribution in [3.63, 3.8) is 0 Å². The summed E-state index contributed by atoms with van der Waals surface area (Å²) in [6.45, 7) is 0. The van der Waals surface area contributed by atoms with Crippen molar-refractivity contribution in [3.05, 3.63) is 75.3 Å². The fourth-order valence-electron chi connectivity index (χ4n) is 4.04. The maximum Gasteiger partial charge on any atom is 0.334 e. The number of fused-ring (bicyclic) bond motifs is 1. The van der Waals surface area contributed by atoms with Crippen LogP contribution in [0.1, 0.15) is 22.7 Å². The van der Waals surface area contributed by atoms with Crippen LogP contribution in [0.25, 0.3) is 0 Å². The zero-order chi connectivity index (χ0) is 24.6. The van der Waals surface area contributed by atoms with Crippen LogP contribution < -0.4 is 4.74 Å². The summed E-state index contributed by atoms with van der Waals surface area (Å²) in [7, 11) is 0. The van der Waals surface area contributed by atoms with Crippen LogP contribution in [0.15, 0.2) is 48.5 Å². The second-order valence-electron chi connectivity index (χ2n) is 7.85. The van der Waals surface area contributed by atoms with E-state index in [9.17, 15) is 30.0 Å². The highest BCUT2D eigenvalue weighted by molar-refractivity contribution is 6.35. The van der Waals surface area contributed by atoms with Crippen molar-refractivity contribution in [3.8, 4) is 28.7 Å². The predicted molar refractivity (Wildman–Crippen MR) is 123 cm³/mol. The molecule has 1 amide bonds. The van der Waals surface area contributed by atoms with Crippen LogP contribution >= 0.6 is 23.2 Å². The molecule has 1 aliphatic heterocycles. The van der Waals surface area contributed by atoms with Gasteiger partial charge in [0.25, 0.3) is 0 Å². The van der Waals surface area contributed by atoms with Gasteiger partial charge in [0.05, 0.1) is 11.1 Å². The number of carbonyl (C=O) groups is 2. The smallest absolute Gasteiger partial charge is 0.334 e. The van der Waals surface area contributed by atoms with E-state index in [1.807, 2.05) is 0 Å². The average Bonchev–Trinajstić information content (AvgIpc) is 2.79. The maximum absolute atomic E-state index is 13.1. The molecular weight excluding hydrogens is 485 g/mol. The van der Waals surface area contributed by atoms with Gasteiger partial charge in [-0.15, -0.1) is 0 Å². The Balaban J connectivity index is 1.73. The van der Waals surface area contributed by atoms with E-state index in [0.717, 1.165) is 0 Å². The Kier molecular flexibility index (Phi) is 6.45. The molecule has 0 saturated heterocycles. The number of phenols is 4. The largest absolute Gasteiger partial charge is 0.504 e. The molecule has 0 aromatic heterocycles. The van der Waals surface area contributed by atoms with Gasteiger partial charge in [-0.2, -0.15) is 0 Å². The standard InChI is InChI=1S/C24H19Cl2NO7/c25-14-2-4-23(16(26)9-14)34-24(33)18-7-13-8-21(31)22(32)10-15(13)17(27(18)11-28)5-12-1-3-19(29)20(30)6-12/h1-4,6,8-11,17-18,29-32H,5,7H2/t17-,18-/m0/s1. The Morgan fingerprint density at radius 2 is 1.68 bits per heavy atom. The van der Waals surface area contributed by atoms with Gasteiger partial charge in [0.1, 0.15) is 11.8 Å². The van der Waals surface area contributed by atoms with Gasteiger partial charge in [-0.3, -0.25) is 4.79 Å². The van der Waals surface area contributed by atoms with Crippen LogP contribution in [0.4, 0.5) is 0 Å². The fourth-order valence-corrected chi connectivity index (χ4v) is 4.48. The monoisotopic (exact) mass is 503 g/mol. The van der Waals surface area contributed by atoms with E-state index in [2.05, 4.69) is 0 Å². The number of nitrogens with zero attached hydrogens (tertiary/aromatic N) is 1. The van der Waals surface area contributed by atoms with E-state index in [4.69, 9.17) is 27.9 Å². The van der Waals surface area contributed by atoms with E-state index >= 15 is 0 Å². The van der Waals surface area contributed by atoms with Gasteiger partial charge in [-0.05, 0) is 65.6 Å². The minimum Gasteiger partial charge on any atom is -0.504 e. The summed E-state index contributed by atoms with van der Waals surface area (Å²) in [6.07, 6.45) is 0.658. The number of ether oxygens (including phenoxy) is 1. The minimum atomic E-state index is -1.07. The summed E-state index contributed by atoms with van der Waals surface area (Å²) in [5.74, 6) is -2.07. The van der Waals surface area contributed by atoms with Gasteiger partial charge in [-0.1, -0.05) is 29.3 Å². The maximum atomic E-state index is 13.1. The second-order valence-corrected chi connectivity index (χ2v) is 8.69. The molecule has 3 aromatic rings. The second kappa shape index (κ2) is 9.32. The lowest BCUT2D eigenvalue weighted by Gasteiger charge is -2.40. The minimum absolute atomic E-state index is 0.0171. The third kappa shape index (κ3) is 4.55. The molecule has 2 atom stereocenters. The number of hydrogen-bond donors (Lipinski definition) is 4. The van der Waals surface area contributed by atoms with Crippen molar-refractivity contribution in [2.75, 3.05) is 0 Å². The summed E-state index contributed by atoms with van der Waals surface area (Å²) in [4.78, 5) is 26.6. The lowest BCUT2D eigenvalue weighted by atomic mass is 9.85. The molecule has 1 aliphatic rings. The van der Waals surface area contributed by atoms with Crippen molar-refractivity contribution < 1.29 is 34.8 Å². The summed E-state index contributed by atoms with van der Waals surface area (Å²) in [6, 6.07) is 9.42. The number of amides is 1. The molecule has 3 aromatic carbocycles. The van der Waals surface area contributed by atoms with Crippen molar-refractivity contribution in [2.45, 2.75) is 24.9 Å². The molecule has 1 heterocycles. The first-order valence-corrected chi connectivity index (χ1v) is 10.9. The number of esters is 1. The number of hydrogen-bond acceptors (Lipinski definition) is 7. The Labute approximate surface area is 204 Å². The first kappa shape index (κ1) is 23.5. The third-order valence-electron chi connectivity index (χ3n) is 5.70. The normalized spacial score (nSPS) is 17.2. The van der Waals surface area contributed by atoms with E-state index in [1.54, 1.807) is 6.07 Å². The molecule has 10 heteroatoms. The van der Waals surface area contributed by atoms with Crippen molar-refractivity contribution >= 4 is 35.6 Å². The van der Waals surface area contributed by atoms with Crippen molar-refractivity contribution in [1.82, 2.24) is 4.90 Å². The highest BCUT2D eigenvalue weighted by Crippen LogP contribution is 2.41. The molecular formula is C24H19Cl2NO7. The first-order valence-electron chi connectivity index (χ1n) is 10.1. The van der Waals surface area contributed by atoms with Gasteiger partial charge in [-0.25, -0.2) is 4.79 Å². The van der Waals surface area contributed by atoms with E-state index in [-0.39, 0.29) is 46.6 Å². The van der Waals surface area contributed by atoms with Crippen LogP contribution in [0.3, 0.4) is 0 Å². The van der Waals surface area contributed by atoms with Crippen molar-refractivity contribution in [2.24, 2.45) is 0 Å². The molecule has 4 rings (SSSR count). The Morgan fingerprint density at radius 1 is 0.971 bits per heavy atom. The van der Waals surface area contributed by atoms with Crippen LogP contribution in [0.5, 0.6) is 28.7 Å². The van der Waals surface area contributed by atoms with Gasteiger partial charge in [0, 0.05) is 11.4 Å². The molecule has 0 saturated carbocycles.